The second kappa shape index (κ2) is 10.5. The van der Waals surface area contributed by atoms with Crippen LogP contribution in [-0.2, 0) is 4.79 Å². The molecule has 2 aliphatic heterocycles. The van der Waals surface area contributed by atoms with Gasteiger partial charge in [0, 0.05) is 66.7 Å². The van der Waals surface area contributed by atoms with Crippen molar-refractivity contribution in [2.24, 2.45) is 0 Å². The number of nitrogens with zero attached hydrogens (tertiary/aromatic N) is 4. The number of rotatable bonds is 7. The van der Waals surface area contributed by atoms with Crippen LogP contribution in [0, 0.1) is 10.1 Å². The predicted molar refractivity (Wildman–Crippen MR) is 144 cm³/mol. The summed E-state index contributed by atoms with van der Waals surface area (Å²) in [7, 11) is 0. The van der Waals surface area contributed by atoms with Crippen molar-refractivity contribution in [3.05, 3.63) is 99.1 Å². The van der Waals surface area contributed by atoms with E-state index in [-0.39, 0.29) is 11.6 Å². The normalized spacial score (nSPS) is 17.0. The SMILES string of the molecule is O=C1/C(=C\c2ccc([N+](=O)[O-])cc2)c2ccccc2N1CCCN1CCN(c2cccc(Cl)c2)CC1. The second-order valence-electron chi connectivity index (χ2n) is 9.04. The summed E-state index contributed by atoms with van der Waals surface area (Å²) in [6.45, 7) is 5.42. The van der Waals surface area contributed by atoms with Gasteiger partial charge in [0.15, 0.2) is 0 Å². The van der Waals surface area contributed by atoms with Gasteiger partial charge in [0.2, 0.25) is 0 Å². The van der Waals surface area contributed by atoms with Gasteiger partial charge in [-0.3, -0.25) is 19.8 Å². The quantitative estimate of drug-likeness (QED) is 0.247. The number of non-ortho nitro benzene ring substituents is 1. The Morgan fingerprint density at radius 2 is 1.67 bits per heavy atom. The summed E-state index contributed by atoms with van der Waals surface area (Å²) >= 11 is 6.15. The predicted octanol–water partition coefficient (Wildman–Crippen LogP) is 5.35. The second-order valence-corrected chi connectivity index (χ2v) is 9.48. The largest absolute Gasteiger partial charge is 0.369 e. The monoisotopic (exact) mass is 502 g/mol. The van der Waals surface area contributed by atoms with Gasteiger partial charge in [0.1, 0.15) is 0 Å². The zero-order valence-corrected chi connectivity index (χ0v) is 20.6. The van der Waals surface area contributed by atoms with E-state index in [9.17, 15) is 14.9 Å². The first-order valence-corrected chi connectivity index (χ1v) is 12.5. The van der Waals surface area contributed by atoms with E-state index in [1.54, 1.807) is 12.1 Å². The fourth-order valence-electron chi connectivity index (χ4n) is 4.88. The van der Waals surface area contributed by atoms with Gasteiger partial charge in [0.25, 0.3) is 11.6 Å². The highest BCUT2D eigenvalue weighted by molar-refractivity contribution is 6.35. The van der Waals surface area contributed by atoms with Gasteiger partial charge in [-0.25, -0.2) is 0 Å². The van der Waals surface area contributed by atoms with Gasteiger partial charge in [0.05, 0.1) is 10.6 Å². The molecule has 36 heavy (non-hydrogen) atoms. The van der Waals surface area contributed by atoms with E-state index in [0.29, 0.717) is 12.1 Å². The Hall–Kier alpha value is -3.68. The van der Waals surface area contributed by atoms with Crippen molar-refractivity contribution in [2.45, 2.75) is 6.42 Å². The molecule has 1 saturated heterocycles. The third-order valence-corrected chi connectivity index (χ3v) is 7.01. The highest BCUT2D eigenvalue weighted by Gasteiger charge is 2.31. The molecule has 2 aliphatic rings. The molecule has 5 rings (SSSR count). The van der Waals surface area contributed by atoms with Crippen LogP contribution in [0.4, 0.5) is 17.1 Å². The minimum Gasteiger partial charge on any atom is -0.369 e. The number of benzene rings is 3. The fraction of sp³-hybridized carbons (Fsp3) is 0.250. The molecule has 0 bridgehead atoms. The summed E-state index contributed by atoms with van der Waals surface area (Å²) in [6.07, 6.45) is 2.70. The smallest absolute Gasteiger partial charge is 0.269 e. The molecule has 3 aromatic carbocycles. The lowest BCUT2D eigenvalue weighted by Crippen LogP contribution is -2.47. The van der Waals surface area contributed by atoms with Crippen LogP contribution >= 0.6 is 11.6 Å². The van der Waals surface area contributed by atoms with Gasteiger partial charge in [-0.1, -0.05) is 35.9 Å². The Bertz CT molecular complexity index is 1300. The number of piperazine rings is 1. The number of anilines is 2. The van der Waals surface area contributed by atoms with Crippen molar-refractivity contribution < 1.29 is 9.72 Å². The summed E-state index contributed by atoms with van der Waals surface area (Å²) in [6, 6.07) is 22.1. The first kappa shape index (κ1) is 24.0. The van der Waals surface area contributed by atoms with Gasteiger partial charge < -0.3 is 9.80 Å². The third kappa shape index (κ3) is 5.12. The Balaban J connectivity index is 1.21. The van der Waals surface area contributed by atoms with Crippen LogP contribution < -0.4 is 9.80 Å². The summed E-state index contributed by atoms with van der Waals surface area (Å²) in [5.41, 5.74) is 4.39. The molecule has 0 saturated carbocycles. The van der Waals surface area contributed by atoms with Gasteiger partial charge in [-0.05, 0) is 61.0 Å². The van der Waals surface area contributed by atoms with Crippen LogP contribution in [0.25, 0.3) is 11.6 Å². The lowest BCUT2D eigenvalue weighted by molar-refractivity contribution is -0.384. The van der Waals surface area contributed by atoms with E-state index in [1.165, 1.54) is 12.1 Å². The van der Waals surface area contributed by atoms with Crippen molar-refractivity contribution in [1.29, 1.82) is 0 Å². The molecule has 7 nitrogen and oxygen atoms in total. The number of halogens is 1. The van der Waals surface area contributed by atoms with E-state index in [0.717, 1.165) is 66.7 Å². The lowest BCUT2D eigenvalue weighted by atomic mass is 10.0. The molecule has 1 fully saturated rings. The maximum Gasteiger partial charge on any atom is 0.269 e. The molecule has 8 heteroatoms. The number of hydrogen-bond donors (Lipinski definition) is 0. The number of nitro groups is 1. The summed E-state index contributed by atoms with van der Waals surface area (Å²) in [4.78, 5) is 30.5. The van der Waals surface area contributed by atoms with Crippen LogP contribution in [-0.4, -0.2) is 55.0 Å². The van der Waals surface area contributed by atoms with Gasteiger partial charge in [-0.15, -0.1) is 0 Å². The fourth-order valence-corrected chi connectivity index (χ4v) is 5.07. The molecule has 0 unspecified atom stereocenters. The number of nitro benzene ring substituents is 1. The van der Waals surface area contributed by atoms with Crippen LogP contribution in [0.15, 0.2) is 72.8 Å². The van der Waals surface area contributed by atoms with E-state index in [2.05, 4.69) is 15.9 Å². The minimum absolute atomic E-state index is 0.0275. The number of hydrogen-bond acceptors (Lipinski definition) is 5. The first-order valence-electron chi connectivity index (χ1n) is 12.1. The number of amides is 1. The zero-order valence-electron chi connectivity index (χ0n) is 19.8. The molecule has 0 radical (unpaired) electrons. The Labute approximate surface area is 215 Å². The van der Waals surface area contributed by atoms with Crippen LogP contribution in [0.2, 0.25) is 5.02 Å². The van der Waals surface area contributed by atoms with Crippen molar-refractivity contribution in [3.63, 3.8) is 0 Å². The first-order chi connectivity index (χ1) is 17.5. The molecule has 0 aromatic heterocycles. The molecule has 0 N–H and O–H groups in total. The van der Waals surface area contributed by atoms with Crippen LogP contribution in [0.1, 0.15) is 17.5 Å². The average molecular weight is 503 g/mol. The van der Waals surface area contributed by atoms with Crippen molar-refractivity contribution >= 4 is 46.2 Å². The molecule has 0 spiro atoms. The topological polar surface area (TPSA) is 69.9 Å². The highest BCUT2D eigenvalue weighted by Crippen LogP contribution is 2.37. The van der Waals surface area contributed by atoms with Crippen LogP contribution in [0.5, 0.6) is 0 Å². The highest BCUT2D eigenvalue weighted by atomic mass is 35.5. The molecule has 1 amide bonds. The Morgan fingerprint density at radius 3 is 2.39 bits per heavy atom. The van der Waals surface area contributed by atoms with Gasteiger partial charge in [-0.2, -0.15) is 0 Å². The Kier molecular flexibility index (Phi) is 7.02. The Morgan fingerprint density at radius 1 is 0.917 bits per heavy atom. The van der Waals surface area contributed by atoms with E-state index >= 15 is 0 Å². The van der Waals surface area contributed by atoms with E-state index < -0.39 is 4.92 Å². The van der Waals surface area contributed by atoms with E-state index in [4.69, 9.17) is 11.6 Å². The summed E-state index contributed by atoms with van der Waals surface area (Å²) in [5, 5.41) is 11.7. The maximum absolute atomic E-state index is 13.4. The molecular weight excluding hydrogens is 476 g/mol. The zero-order chi connectivity index (χ0) is 25.1. The average Bonchev–Trinajstić information content (AvgIpc) is 3.15. The molecule has 3 aromatic rings. The standard InChI is InChI=1S/C28H27ClN4O3/c29-22-5-3-6-24(20-22)31-17-15-30(16-18-31)13-4-14-32-27-8-2-1-7-25(27)26(28(32)34)19-21-9-11-23(12-10-21)33(35)36/h1-3,5-12,19-20H,4,13-18H2/b26-19-. The number of fused-ring (bicyclic) bond motifs is 1. The van der Waals surface area contributed by atoms with E-state index in [1.807, 2.05) is 53.4 Å². The number of carbonyl (C=O) groups excluding carboxylic acids is 1. The minimum atomic E-state index is -0.425. The molecule has 0 atom stereocenters. The molecule has 0 aliphatic carbocycles. The summed E-state index contributed by atoms with van der Waals surface area (Å²) < 4.78 is 0. The van der Waals surface area contributed by atoms with Crippen molar-refractivity contribution in [3.8, 4) is 0 Å². The number of carbonyl (C=O) groups is 1. The lowest BCUT2D eigenvalue weighted by Gasteiger charge is -2.36. The molecular formula is C28H27ClN4O3. The molecule has 184 valence electrons. The number of para-hydroxylation sites is 1. The third-order valence-electron chi connectivity index (χ3n) is 6.78. The van der Waals surface area contributed by atoms with Gasteiger partial charge >= 0.3 is 0 Å². The summed E-state index contributed by atoms with van der Waals surface area (Å²) in [5.74, 6) is -0.0275. The molecule has 2 heterocycles. The van der Waals surface area contributed by atoms with Crippen LogP contribution in [0.3, 0.4) is 0 Å². The van der Waals surface area contributed by atoms with Crippen molar-refractivity contribution in [1.82, 2.24) is 4.90 Å². The van der Waals surface area contributed by atoms with Crippen molar-refractivity contribution in [2.75, 3.05) is 49.1 Å². The maximum atomic E-state index is 13.4.